The van der Waals surface area contributed by atoms with E-state index in [0.29, 0.717) is 29.5 Å². The number of ether oxygens (including phenoxy) is 1. The fourth-order valence-electron chi connectivity index (χ4n) is 3.99. The number of hydrogen-bond acceptors (Lipinski definition) is 6. The van der Waals surface area contributed by atoms with Crippen molar-refractivity contribution < 1.29 is 9.53 Å². The first-order chi connectivity index (χ1) is 16.2. The molecule has 2 aromatic carbocycles. The third-order valence-electron chi connectivity index (χ3n) is 5.66. The van der Waals surface area contributed by atoms with E-state index in [2.05, 4.69) is 32.0 Å². The second kappa shape index (κ2) is 9.14. The van der Waals surface area contributed by atoms with Gasteiger partial charge >= 0.3 is 0 Å². The van der Waals surface area contributed by atoms with Gasteiger partial charge in [-0.1, -0.05) is 12.1 Å². The van der Waals surface area contributed by atoms with Gasteiger partial charge in [0, 0.05) is 36.5 Å². The van der Waals surface area contributed by atoms with Crippen molar-refractivity contribution in [3.8, 4) is 6.07 Å². The van der Waals surface area contributed by atoms with Gasteiger partial charge in [0.15, 0.2) is 5.69 Å². The SMILES string of the molecule is N#Cc1cccc(Cn2cc(NC(=O)c3n[nH]c4ccc(NC5CCOCC5)cc34)cn2)c1. The number of carbonyl (C=O) groups excluding carboxylic acids is 1. The molecule has 2 aromatic heterocycles. The largest absolute Gasteiger partial charge is 0.382 e. The van der Waals surface area contributed by atoms with Gasteiger partial charge in [0.2, 0.25) is 0 Å². The third-order valence-corrected chi connectivity index (χ3v) is 5.66. The van der Waals surface area contributed by atoms with E-state index in [1.807, 2.05) is 36.4 Å². The Balaban J connectivity index is 1.29. The zero-order chi connectivity index (χ0) is 22.6. The Morgan fingerprint density at radius 3 is 2.94 bits per heavy atom. The van der Waals surface area contributed by atoms with Crippen LogP contribution in [0.5, 0.6) is 0 Å². The van der Waals surface area contributed by atoms with Gasteiger partial charge in [-0.15, -0.1) is 0 Å². The first-order valence-corrected chi connectivity index (χ1v) is 10.8. The van der Waals surface area contributed by atoms with Gasteiger partial charge in [-0.3, -0.25) is 14.6 Å². The van der Waals surface area contributed by atoms with Crippen LogP contribution in [0, 0.1) is 11.3 Å². The Kier molecular flexibility index (Phi) is 5.74. The van der Waals surface area contributed by atoms with E-state index >= 15 is 0 Å². The first kappa shape index (κ1) is 20.7. The van der Waals surface area contributed by atoms with Crippen molar-refractivity contribution in [2.45, 2.75) is 25.4 Å². The quantitative estimate of drug-likeness (QED) is 0.421. The lowest BCUT2D eigenvalue weighted by Gasteiger charge is -2.24. The molecule has 1 amide bonds. The lowest BCUT2D eigenvalue weighted by atomic mass is 10.1. The Hall–Kier alpha value is -4.16. The zero-order valence-electron chi connectivity index (χ0n) is 17.9. The van der Waals surface area contributed by atoms with Crippen LogP contribution in [0.3, 0.4) is 0 Å². The van der Waals surface area contributed by atoms with E-state index in [1.165, 1.54) is 0 Å². The summed E-state index contributed by atoms with van der Waals surface area (Å²) in [5, 5.41) is 27.7. The standard InChI is InChI=1S/C24H23N7O2/c25-12-16-2-1-3-17(10-16)14-31-15-20(13-26-31)28-24(32)23-21-11-19(4-5-22(21)29-30-23)27-18-6-8-33-9-7-18/h1-5,10-11,13,15,18,27H,6-9,14H2,(H,28,32)(H,29,30). The normalized spacial score (nSPS) is 14.2. The summed E-state index contributed by atoms with van der Waals surface area (Å²) in [6.07, 6.45) is 5.27. The van der Waals surface area contributed by atoms with Crippen molar-refractivity contribution in [1.29, 1.82) is 5.26 Å². The van der Waals surface area contributed by atoms with Crippen molar-refractivity contribution in [2.75, 3.05) is 23.8 Å². The second-order valence-electron chi connectivity index (χ2n) is 8.06. The van der Waals surface area contributed by atoms with Gasteiger partial charge in [0.05, 0.1) is 35.6 Å². The minimum Gasteiger partial charge on any atom is -0.382 e. The van der Waals surface area contributed by atoms with Crippen LogP contribution in [-0.4, -0.2) is 45.1 Å². The predicted octanol–water partition coefficient (Wildman–Crippen LogP) is 3.52. The van der Waals surface area contributed by atoms with Crippen LogP contribution in [0.2, 0.25) is 0 Å². The van der Waals surface area contributed by atoms with Crippen LogP contribution in [0.15, 0.2) is 54.9 Å². The number of nitriles is 1. The molecule has 0 unspecified atom stereocenters. The molecule has 0 saturated carbocycles. The molecule has 4 aromatic rings. The van der Waals surface area contributed by atoms with E-state index < -0.39 is 0 Å². The van der Waals surface area contributed by atoms with E-state index in [0.717, 1.165) is 48.2 Å². The highest BCUT2D eigenvalue weighted by molar-refractivity contribution is 6.11. The molecule has 0 bridgehead atoms. The number of H-pyrrole nitrogens is 1. The van der Waals surface area contributed by atoms with Crippen LogP contribution < -0.4 is 10.6 Å². The van der Waals surface area contributed by atoms with Gasteiger partial charge in [-0.2, -0.15) is 15.5 Å². The highest BCUT2D eigenvalue weighted by Crippen LogP contribution is 2.23. The molecule has 5 rings (SSSR count). The van der Waals surface area contributed by atoms with E-state index in [-0.39, 0.29) is 5.91 Å². The minimum absolute atomic E-state index is 0.310. The van der Waals surface area contributed by atoms with Gasteiger partial charge < -0.3 is 15.4 Å². The molecule has 0 spiro atoms. The fraction of sp³-hybridized carbons (Fsp3) is 0.250. The average molecular weight is 441 g/mol. The van der Waals surface area contributed by atoms with Crippen LogP contribution in [0.25, 0.3) is 10.9 Å². The molecule has 1 aliphatic rings. The van der Waals surface area contributed by atoms with E-state index in [4.69, 9.17) is 10.00 Å². The molecule has 9 nitrogen and oxygen atoms in total. The molecular weight excluding hydrogens is 418 g/mol. The number of amides is 1. The molecule has 1 saturated heterocycles. The zero-order valence-corrected chi connectivity index (χ0v) is 17.9. The highest BCUT2D eigenvalue weighted by Gasteiger charge is 2.17. The van der Waals surface area contributed by atoms with Crippen molar-refractivity contribution in [3.05, 3.63) is 71.7 Å². The number of nitrogens with one attached hydrogen (secondary N) is 3. The maximum atomic E-state index is 12.9. The summed E-state index contributed by atoms with van der Waals surface area (Å²) < 4.78 is 7.13. The van der Waals surface area contributed by atoms with Crippen molar-refractivity contribution in [2.24, 2.45) is 0 Å². The number of fused-ring (bicyclic) bond motifs is 1. The Bertz CT molecular complexity index is 1330. The third kappa shape index (κ3) is 4.71. The molecule has 1 aliphatic heterocycles. The molecule has 0 aliphatic carbocycles. The molecular formula is C24H23N7O2. The summed E-state index contributed by atoms with van der Waals surface area (Å²) in [7, 11) is 0. The Labute approximate surface area is 190 Å². The number of benzene rings is 2. The predicted molar refractivity (Wildman–Crippen MR) is 124 cm³/mol. The Morgan fingerprint density at radius 2 is 2.09 bits per heavy atom. The summed E-state index contributed by atoms with van der Waals surface area (Å²) in [6, 6.07) is 15.7. The van der Waals surface area contributed by atoms with Gasteiger partial charge in [-0.25, -0.2) is 0 Å². The van der Waals surface area contributed by atoms with Gasteiger partial charge in [-0.05, 0) is 48.7 Å². The number of anilines is 2. The Morgan fingerprint density at radius 1 is 1.21 bits per heavy atom. The summed E-state index contributed by atoms with van der Waals surface area (Å²) in [6.45, 7) is 2.02. The maximum absolute atomic E-state index is 12.9. The lowest BCUT2D eigenvalue weighted by molar-refractivity contribution is 0.0904. The fourth-order valence-corrected chi connectivity index (χ4v) is 3.99. The molecule has 166 valence electrons. The minimum atomic E-state index is -0.310. The smallest absolute Gasteiger partial charge is 0.276 e. The van der Waals surface area contributed by atoms with Crippen LogP contribution in [0.4, 0.5) is 11.4 Å². The van der Waals surface area contributed by atoms with Crippen molar-refractivity contribution in [1.82, 2.24) is 20.0 Å². The molecule has 3 heterocycles. The molecule has 33 heavy (non-hydrogen) atoms. The van der Waals surface area contributed by atoms with Gasteiger partial charge in [0.1, 0.15) is 0 Å². The molecule has 3 N–H and O–H groups in total. The number of rotatable bonds is 6. The number of carbonyl (C=O) groups is 1. The maximum Gasteiger partial charge on any atom is 0.276 e. The van der Waals surface area contributed by atoms with Gasteiger partial charge in [0.25, 0.3) is 5.91 Å². The number of aromatic nitrogens is 4. The van der Waals surface area contributed by atoms with Crippen molar-refractivity contribution >= 4 is 28.2 Å². The lowest BCUT2D eigenvalue weighted by Crippen LogP contribution is -2.27. The second-order valence-corrected chi connectivity index (χ2v) is 8.06. The summed E-state index contributed by atoms with van der Waals surface area (Å²) in [5.74, 6) is -0.310. The van der Waals surface area contributed by atoms with Crippen molar-refractivity contribution in [3.63, 3.8) is 0 Å². The number of nitrogens with zero attached hydrogens (tertiary/aromatic N) is 4. The van der Waals surface area contributed by atoms with Crippen LogP contribution in [0.1, 0.15) is 34.5 Å². The first-order valence-electron chi connectivity index (χ1n) is 10.8. The number of aromatic amines is 1. The molecule has 9 heteroatoms. The topological polar surface area (TPSA) is 121 Å². The molecule has 0 radical (unpaired) electrons. The summed E-state index contributed by atoms with van der Waals surface area (Å²) >= 11 is 0. The van der Waals surface area contributed by atoms with Crippen LogP contribution in [-0.2, 0) is 11.3 Å². The van der Waals surface area contributed by atoms with Crippen LogP contribution >= 0.6 is 0 Å². The molecule has 1 fully saturated rings. The van der Waals surface area contributed by atoms with E-state index in [1.54, 1.807) is 23.1 Å². The number of hydrogen-bond donors (Lipinski definition) is 3. The van der Waals surface area contributed by atoms with E-state index in [9.17, 15) is 4.79 Å². The highest BCUT2D eigenvalue weighted by atomic mass is 16.5. The monoisotopic (exact) mass is 441 g/mol. The molecule has 0 atom stereocenters. The summed E-state index contributed by atoms with van der Waals surface area (Å²) in [5.41, 5.74) is 4.21. The summed E-state index contributed by atoms with van der Waals surface area (Å²) in [4.78, 5) is 12.9. The average Bonchev–Trinajstić information content (AvgIpc) is 3.46.